The number of rotatable bonds is 0. The fourth-order valence-electron chi connectivity index (χ4n) is 7.12. The van der Waals surface area contributed by atoms with E-state index in [-0.39, 0.29) is 0 Å². The third-order valence-electron chi connectivity index (χ3n) is 7.30. The Labute approximate surface area is 92.8 Å². The van der Waals surface area contributed by atoms with E-state index >= 15 is 0 Å². The molecule has 4 unspecified atom stereocenters. The van der Waals surface area contributed by atoms with Gasteiger partial charge in [0, 0.05) is 0 Å². The highest BCUT2D eigenvalue weighted by atomic mass is 14.7. The van der Waals surface area contributed by atoms with E-state index in [4.69, 9.17) is 0 Å². The minimum atomic E-state index is 1.20. The van der Waals surface area contributed by atoms with Crippen molar-refractivity contribution in [2.24, 2.45) is 47.3 Å². The van der Waals surface area contributed by atoms with Crippen molar-refractivity contribution in [1.29, 1.82) is 0 Å². The van der Waals surface area contributed by atoms with Crippen molar-refractivity contribution in [3.05, 3.63) is 0 Å². The Balaban J connectivity index is 1.57. The van der Waals surface area contributed by atoms with Crippen molar-refractivity contribution in [1.82, 2.24) is 0 Å². The lowest BCUT2D eigenvalue weighted by Crippen LogP contribution is -2.27. The Hall–Kier alpha value is 0. The fraction of sp³-hybridized carbons (Fsp3) is 1.00. The van der Waals surface area contributed by atoms with Crippen molar-refractivity contribution >= 4 is 0 Å². The van der Waals surface area contributed by atoms with Gasteiger partial charge in [-0.3, -0.25) is 0 Å². The van der Waals surface area contributed by atoms with Crippen molar-refractivity contribution in [3.8, 4) is 0 Å². The van der Waals surface area contributed by atoms with E-state index in [2.05, 4.69) is 0 Å². The van der Waals surface area contributed by atoms with Crippen LogP contribution in [0, 0.1) is 47.3 Å². The molecule has 0 aromatic carbocycles. The Morgan fingerprint density at radius 2 is 0.933 bits per heavy atom. The van der Waals surface area contributed by atoms with Crippen LogP contribution in [0.2, 0.25) is 0 Å². The molecule has 0 spiro atoms. The molecule has 0 aromatic heterocycles. The molecule has 5 rings (SSSR count). The highest BCUT2D eigenvalue weighted by Crippen LogP contribution is 2.70. The molecule has 8 atom stereocenters. The van der Waals surface area contributed by atoms with E-state index in [0.717, 1.165) is 0 Å². The summed E-state index contributed by atoms with van der Waals surface area (Å²) < 4.78 is 0. The van der Waals surface area contributed by atoms with Crippen molar-refractivity contribution in [2.75, 3.05) is 0 Å². The van der Waals surface area contributed by atoms with Gasteiger partial charge in [0.05, 0.1) is 0 Å². The van der Waals surface area contributed by atoms with Crippen molar-refractivity contribution in [2.45, 2.75) is 44.9 Å². The summed E-state index contributed by atoms with van der Waals surface area (Å²) in [6.07, 6.45) is 11.4. The van der Waals surface area contributed by atoms with Gasteiger partial charge in [0.15, 0.2) is 0 Å². The van der Waals surface area contributed by atoms with Gasteiger partial charge in [-0.15, -0.1) is 0 Å². The SMILES string of the molecule is C1C2C(C3C1[C@@H]1CC[C@H]3C1)[C@@H]1CC[C@H]2C1. The van der Waals surface area contributed by atoms with Crippen molar-refractivity contribution in [3.63, 3.8) is 0 Å². The lowest BCUT2D eigenvalue weighted by atomic mass is 9.72. The molecule has 0 saturated heterocycles. The first-order valence-corrected chi connectivity index (χ1v) is 7.42. The molecule has 5 aliphatic rings. The largest absolute Gasteiger partial charge is 0.0499 e. The molecule has 82 valence electrons. The quantitative estimate of drug-likeness (QED) is 0.561. The number of hydrogen-bond donors (Lipinski definition) is 0. The molecule has 5 fully saturated rings. The first kappa shape index (κ1) is 8.14. The molecule has 0 aromatic rings. The summed E-state index contributed by atoms with van der Waals surface area (Å²) in [7, 11) is 0. The van der Waals surface area contributed by atoms with Gasteiger partial charge in [0.25, 0.3) is 0 Å². The van der Waals surface area contributed by atoms with Crippen LogP contribution in [0.25, 0.3) is 0 Å². The van der Waals surface area contributed by atoms with Gasteiger partial charge in [-0.2, -0.15) is 0 Å². The standard InChI is InChI=1S/C15H22/c1-3-10-5-8(1)12-7-13-9-2-4-11(6-9)15(13)14(10)12/h8-15H,1-7H2/t8-,9+,10+,11-,12?,13?,14?,15?. The van der Waals surface area contributed by atoms with Crippen LogP contribution < -0.4 is 0 Å². The number of fused-ring (bicyclic) bond motifs is 11. The molecule has 0 nitrogen and oxygen atoms in total. The second-order valence-corrected chi connectivity index (χ2v) is 7.38. The average molecular weight is 202 g/mol. The second-order valence-electron chi connectivity index (χ2n) is 7.38. The minimum absolute atomic E-state index is 1.20. The molecule has 0 heteroatoms. The van der Waals surface area contributed by atoms with E-state index in [0.29, 0.717) is 0 Å². The molecule has 15 heavy (non-hydrogen) atoms. The summed E-state index contributed by atoms with van der Waals surface area (Å²) in [6, 6.07) is 0. The molecular weight excluding hydrogens is 180 g/mol. The first-order chi connectivity index (χ1) is 7.42. The fourth-order valence-corrected chi connectivity index (χ4v) is 7.12. The van der Waals surface area contributed by atoms with Crippen LogP contribution in [0.15, 0.2) is 0 Å². The molecule has 0 amide bonds. The maximum atomic E-state index is 1.68. The van der Waals surface area contributed by atoms with Gasteiger partial charge >= 0.3 is 0 Å². The molecule has 0 N–H and O–H groups in total. The summed E-state index contributed by atoms with van der Waals surface area (Å²) in [5, 5.41) is 0. The van der Waals surface area contributed by atoms with Gasteiger partial charge in [-0.25, -0.2) is 0 Å². The zero-order valence-electron chi connectivity index (χ0n) is 9.57. The van der Waals surface area contributed by atoms with Crippen molar-refractivity contribution < 1.29 is 0 Å². The van der Waals surface area contributed by atoms with Crippen LogP contribution in [0.5, 0.6) is 0 Å². The lowest BCUT2D eigenvalue weighted by molar-refractivity contribution is 0.153. The van der Waals surface area contributed by atoms with Gasteiger partial charge in [-0.1, -0.05) is 0 Å². The second kappa shape index (κ2) is 2.46. The van der Waals surface area contributed by atoms with Gasteiger partial charge in [0.1, 0.15) is 0 Å². The zero-order chi connectivity index (χ0) is 9.57. The van der Waals surface area contributed by atoms with Crippen LogP contribution >= 0.6 is 0 Å². The maximum absolute atomic E-state index is 1.68. The van der Waals surface area contributed by atoms with E-state index in [1.165, 1.54) is 47.3 Å². The van der Waals surface area contributed by atoms with Crippen LogP contribution in [0.3, 0.4) is 0 Å². The van der Waals surface area contributed by atoms with Crippen LogP contribution in [0.4, 0.5) is 0 Å². The summed E-state index contributed by atoms with van der Waals surface area (Å²) >= 11 is 0. The Bertz CT molecular complexity index is 277. The minimum Gasteiger partial charge on any atom is -0.0499 e. The lowest BCUT2D eigenvalue weighted by Gasteiger charge is -2.33. The monoisotopic (exact) mass is 202 g/mol. The third-order valence-corrected chi connectivity index (χ3v) is 7.30. The molecule has 0 radical (unpaired) electrons. The predicted octanol–water partition coefficient (Wildman–Crippen LogP) is 3.71. The summed E-state index contributed by atoms with van der Waals surface area (Å²) in [5.41, 5.74) is 0. The van der Waals surface area contributed by atoms with E-state index < -0.39 is 0 Å². The summed E-state index contributed by atoms with van der Waals surface area (Å²) in [6.45, 7) is 0. The molecule has 4 bridgehead atoms. The smallest absolute Gasteiger partial charge is 0.0321 e. The highest BCUT2D eigenvalue weighted by Gasteiger charge is 2.63. The maximum Gasteiger partial charge on any atom is -0.0321 e. The predicted molar refractivity (Wildman–Crippen MR) is 60.2 cm³/mol. The topological polar surface area (TPSA) is 0 Å². The summed E-state index contributed by atoms with van der Waals surface area (Å²) in [4.78, 5) is 0. The zero-order valence-corrected chi connectivity index (χ0v) is 9.57. The highest BCUT2D eigenvalue weighted by molar-refractivity contribution is 5.12. The summed E-state index contributed by atoms with van der Waals surface area (Å²) in [5.74, 6) is 9.73. The molecular formula is C15H22. The molecule has 0 heterocycles. The van der Waals surface area contributed by atoms with Crippen LogP contribution in [0.1, 0.15) is 44.9 Å². The van der Waals surface area contributed by atoms with Gasteiger partial charge < -0.3 is 0 Å². The Kier molecular flexibility index (Phi) is 1.34. The van der Waals surface area contributed by atoms with Crippen LogP contribution in [-0.4, -0.2) is 0 Å². The van der Waals surface area contributed by atoms with E-state index in [1.807, 2.05) is 0 Å². The van der Waals surface area contributed by atoms with Crippen LogP contribution in [-0.2, 0) is 0 Å². The molecule has 0 aliphatic heterocycles. The third kappa shape index (κ3) is 0.806. The Morgan fingerprint density at radius 3 is 1.47 bits per heavy atom. The molecule has 5 aliphatic carbocycles. The van der Waals surface area contributed by atoms with Gasteiger partial charge in [-0.05, 0) is 92.3 Å². The van der Waals surface area contributed by atoms with E-state index in [9.17, 15) is 0 Å². The Morgan fingerprint density at radius 1 is 0.467 bits per heavy atom. The number of hydrogen-bond acceptors (Lipinski definition) is 0. The molecule has 5 saturated carbocycles. The van der Waals surface area contributed by atoms with E-state index in [1.54, 1.807) is 44.9 Å². The van der Waals surface area contributed by atoms with Gasteiger partial charge in [0.2, 0.25) is 0 Å². The normalized spacial score (nSPS) is 68.8. The first-order valence-electron chi connectivity index (χ1n) is 7.42. The average Bonchev–Trinajstić information content (AvgIpc) is 3.02.